The Labute approximate surface area is 265 Å². The Bertz CT molecular complexity index is 1590. The Morgan fingerprint density at radius 1 is 0.894 bits per heavy atom. The second-order valence-electron chi connectivity index (χ2n) is 11.9. The summed E-state index contributed by atoms with van der Waals surface area (Å²) in [5.74, 6) is -4.49. The predicted molar refractivity (Wildman–Crippen MR) is 154 cm³/mol. The summed E-state index contributed by atoms with van der Waals surface area (Å²) >= 11 is 0. The molecule has 2 aromatic heterocycles. The lowest BCUT2D eigenvalue weighted by Crippen LogP contribution is -2.41. The maximum absolute atomic E-state index is 13.5. The van der Waals surface area contributed by atoms with Crippen molar-refractivity contribution in [3.63, 3.8) is 0 Å². The van der Waals surface area contributed by atoms with Crippen molar-refractivity contribution in [3.8, 4) is 0 Å². The number of aryl methyl sites for hydroxylation is 1. The summed E-state index contributed by atoms with van der Waals surface area (Å²) in [7, 11) is 1.97. The van der Waals surface area contributed by atoms with Crippen LogP contribution in [0.15, 0.2) is 47.5 Å². The third-order valence-corrected chi connectivity index (χ3v) is 8.32. The van der Waals surface area contributed by atoms with Gasteiger partial charge < -0.3 is 10.2 Å². The molecule has 47 heavy (non-hydrogen) atoms. The van der Waals surface area contributed by atoms with E-state index in [0.717, 1.165) is 82.0 Å². The minimum atomic E-state index is -5.08. The Hall–Kier alpha value is -4.25. The van der Waals surface area contributed by atoms with E-state index < -0.39 is 24.3 Å². The standard InChI is InChI=1S/C26H32N6O.2C2HF3O2/c1-29-15-21(14-27-29)17-30-11-8-26(9-12-30)13-24-28-23-7-10-31(16-20-5-3-2-4-6-20)18-22(23)25(33)32(24)19-26;2*3-2(4,5)1(6)7/h2-6,14-15H,7-13,16-19H2,1H3;2*(H,6,7). The number of alkyl halides is 6. The number of carboxylic acid groups (broad SMARTS) is 2. The summed E-state index contributed by atoms with van der Waals surface area (Å²) in [5.41, 5.74) is 4.94. The van der Waals surface area contributed by atoms with E-state index in [1.165, 1.54) is 11.1 Å². The van der Waals surface area contributed by atoms with Gasteiger partial charge in [-0.3, -0.25) is 23.8 Å². The maximum atomic E-state index is 13.5. The molecule has 256 valence electrons. The molecule has 0 bridgehead atoms. The SMILES string of the molecule is Cn1cc(CN2CCC3(CC2)Cc2nc4c(c(=O)n2C3)CN(Cc2ccccc2)CC4)cn1.O=C(O)C(F)(F)F.O=C(O)C(F)(F)F. The lowest BCUT2D eigenvalue weighted by atomic mass is 9.77. The molecule has 6 rings (SSSR count). The van der Waals surface area contributed by atoms with Gasteiger partial charge in [-0.1, -0.05) is 30.3 Å². The van der Waals surface area contributed by atoms with Gasteiger partial charge in [0.25, 0.3) is 5.56 Å². The van der Waals surface area contributed by atoms with Gasteiger partial charge in [0.1, 0.15) is 5.82 Å². The molecule has 0 unspecified atom stereocenters. The topological polar surface area (TPSA) is 134 Å². The second-order valence-corrected chi connectivity index (χ2v) is 11.9. The van der Waals surface area contributed by atoms with E-state index in [9.17, 15) is 31.1 Å². The van der Waals surface area contributed by atoms with E-state index in [1.807, 2.05) is 28.6 Å². The number of rotatable bonds is 4. The first-order valence-electron chi connectivity index (χ1n) is 14.6. The van der Waals surface area contributed by atoms with Crippen LogP contribution in [-0.2, 0) is 55.7 Å². The number of piperidine rings is 1. The quantitative estimate of drug-likeness (QED) is 0.399. The number of aromatic nitrogens is 4. The average Bonchev–Trinajstić information content (AvgIpc) is 3.57. The molecular weight excluding hydrogens is 638 g/mol. The minimum Gasteiger partial charge on any atom is -0.475 e. The van der Waals surface area contributed by atoms with Gasteiger partial charge in [0.2, 0.25) is 0 Å². The zero-order valence-electron chi connectivity index (χ0n) is 25.4. The molecule has 3 aromatic rings. The Morgan fingerprint density at radius 3 is 2.00 bits per heavy atom. The fourth-order valence-electron chi connectivity index (χ4n) is 5.95. The van der Waals surface area contributed by atoms with Crippen molar-refractivity contribution < 1.29 is 46.1 Å². The molecule has 0 amide bonds. The first-order valence-corrected chi connectivity index (χ1v) is 14.6. The lowest BCUT2D eigenvalue weighted by molar-refractivity contribution is -0.193. The number of aliphatic carboxylic acids is 2. The second kappa shape index (κ2) is 14.3. The monoisotopic (exact) mass is 672 g/mol. The summed E-state index contributed by atoms with van der Waals surface area (Å²) in [6.45, 7) is 6.50. The summed E-state index contributed by atoms with van der Waals surface area (Å²) in [4.78, 5) is 41.3. The molecule has 0 saturated carbocycles. The first-order chi connectivity index (χ1) is 22.0. The number of benzene rings is 1. The molecule has 1 aromatic carbocycles. The number of nitrogens with zero attached hydrogens (tertiary/aromatic N) is 6. The van der Waals surface area contributed by atoms with Crippen molar-refractivity contribution in [2.45, 2.75) is 64.2 Å². The van der Waals surface area contributed by atoms with Crippen LogP contribution in [0.2, 0.25) is 0 Å². The van der Waals surface area contributed by atoms with Gasteiger partial charge in [-0.2, -0.15) is 31.4 Å². The minimum absolute atomic E-state index is 0.193. The van der Waals surface area contributed by atoms with Gasteiger partial charge in [-0.15, -0.1) is 0 Å². The molecule has 17 heteroatoms. The van der Waals surface area contributed by atoms with E-state index in [1.54, 1.807) is 0 Å². The van der Waals surface area contributed by atoms with Crippen molar-refractivity contribution >= 4 is 11.9 Å². The molecule has 3 aliphatic heterocycles. The smallest absolute Gasteiger partial charge is 0.475 e. The van der Waals surface area contributed by atoms with E-state index >= 15 is 0 Å². The molecule has 1 fully saturated rings. The van der Waals surface area contributed by atoms with Gasteiger partial charge in [0.05, 0.1) is 17.5 Å². The van der Waals surface area contributed by atoms with E-state index in [2.05, 4.69) is 45.4 Å². The van der Waals surface area contributed by atoms with Gasteiger partial charge in [0.15, 0.2) is 0 Å². The number of carbonyl (C=O) groups is 2. The largest absolute Gasteiger partial charge is 0.490 e. The zero-order chi connectivity index (χ0) is 34.6. The molecule has 0 atom stereocenters. The van der Waals surface area contributed by atoms with Gasteiger partial charge >= 0.3 is 24.3 Å². The van der Waals surface area contributed by atoms with Crippen LogP contribution in [0.5, 0.6) is 0 Å². The molecule has 5 heterocycles. The molecule has 1 spiro atoms. The lowest BCUT2D eigenvalue weighted by Gasteiger charge is -2.38. The molecule has 11 nitrogen and oxygen atoms in total. The fourth-order valence-corrected chi connectivity index (χ4v) is 5.95. The molecule has 2 N–H and O–H groups in total. The van der Waals surface area contributed by atoms with Crippen LogP contribution in [-0.4, -0.2) is 83.3 Å². The number of halogens is 6. The highest BCUT2D eigenvalue weighted by atomic mass is 19.4. The van der Waals surface area contributed by atoms with Crippen LogP contribution < -0.4 is 5.56 Å². The highest BCUT2D eigenvalue weighted by Crippen LogP contribution is 2.41. The van der Waals surface area contributed by atoms with E-state index in [-0.39, 0.29) is 11.0 Å². The van der Waals surface area contributed by atoms with Crippen LogP contribution in [0.4, 0.5) is 26.3 Å². The van der Waals surface area contributed by atoms with Crippen molar-refractivity contribution in [2.75, 3.05) is 19.6 Å². The molecular formula is C30H34F6N6O5. The summed E-state index contributed by atoms with van der Waals surface area (Å²) in [6.07, 6.45) is -2.03. The van der Waals surface area contributed by atoms with Crippen LogP contribution in [0.25, 0.3) is 0 Å². The summed E-state index contributed by atoms with van der Waals surface area (Å²) in [6, 6.07) is 10.5. The van der Waals surface area contributed by atoms with Gasteiger partial charge in [0, 0.05) is 64.4 Å². The molecule has 3 aliphatic rings. The average molecular weight is 673 g/mol. The highest BCUT2D eigenvalue weighted by molar-refractivity contribution is 5.73. The Balaban J connectivity index is 0.000000301. The summed E-state index contributed by atoms with van der Waals surface area (Å²) < 4.78 is 67.4. The molecule has 1 saturated heterocycles. The van der Waals surface area contributed by atoms with E-state index in [4.69, 9.17) is 24.8 Å². The maximum Gasteiger partial charge on any atom is 0.490 e. The van der Waals surface area contributed by atoms with Crippen LogP contribution in [0.3, 0.4) is 0 Å². The summed E-state index contributed by atoms with van der Waals surface area (Å²) in [5, 5.41) is 18.5. The molecule has 0 aliphatic carbocycles. The fraction of sp³-hybridized carbons (Fsp3) is 0.500. The third-order valence-electron chi connectivity index (χ3n) is 8.32. The van der Waals surface area contributed by atoms with Crippen molar-refractivity contribution in [3.05, 3.63) is 81.3 Å². The number of hydrogen-bond donors (Lipinski definition) is 2. The number of hydrogen-bond acceptors (Lipinski definition) is 7. The number of fused-ring (bicyclic) bond motifs is 2. The molecule has 0 radical (unpaired) electrons. The van der Waals surface area contributed by atoms with E-state index in [0.29, 0.717) is 6.54 Å². The third kappa shape index (κ3) is 9.41. The normalized spacial score (nSPS) is 17.5. The Kier molecular flexibility index (Phi) is 10.8. The van der Waals surface area contributed by atoms with Gasteiger partial charge in [-0.05, 0) is 36.9 Å². The van der Waals surface area contributed by atoms with Crippen molar-refractivity contribution in [2.24, 2.45) is 12.5 Å². The Morgan fingerprint density at radius 2 is 1.47 bits per heavy atom. The number of likely N-dealkylation sites (tertiary alicyclic amines) is 1. The first kappa shape index (κ1) is 35.6. The van der Waals surface area contributed by atoms with Gasteiger partial charge in [-0.25, -0.2) is 14.6 Å². The van der Waals surface area contributed by atoms with Crippen molar-refractivity contribution in [1.29, 1.82) is 0 Å². The highest BCUT2D eigenvalue weighted by Gasteiger charge is 2.42. The van der Waals surface area contributed by atoms with Crippen molar-refractivity contribution in [1.82, 2.24) is 29.1 Å². The van der Waals surface area contributed by atoms with Crippen LogP contribution >= 0.6 is 0 Å². The van der Waals surface area contributed by atoms with Crippen LogP contribution in [0, 0.1) is 5.41 Å². The van der Waals surface area contributed by atoms with Crippen LogP contribution in [0.1, 0.15) is 41.1 Å². The predicted octanol–water partition coefficient (Wildman–Crippen LogP) is 3.64. The zero-order valence-corrected chi connectivity index (χ0v) is 25.4. The number of carboxylic acids is 2.